The standard InChI is InChI=1S/C22H44O2Si/c1-7-12-23-25(24-13-8-2,20-10-9-11-22(5,6)17-20)21-15-18(3)14-19(4)16-21/h18-21H,7-17H2,1-6H3. The molecule has 0 heterocycles. The third-order valence-electron chi connectivity index (χ3n) is 6.59. The van der Waals surface area contributed by atoms with Gasteiger partial charge in [-0.2, -0.15) is 0 Å². The van der Waals surface area contributed by atoms with Gasteiger partial charge in [0.2, 0.25) is 0 Å². The Kier molecular flexibility index (Phi) is 8.03. The summed E-state index contributed by atoms with van der Waals surface area (Å²) in [6.45, 7) is 16.1. The first kappa shape index (κ1) is 21.4. The van der Waals surface area contributed by atoms with Gasteiger partial charge >= 0.3 is 8.56 Å². The first-order valence-electron chi connectivity index (χ1n) is 11.1. The van der Waals surface area contributed by atoms with Gasteiger partial charge in [-0.3, -0.25) is 0 Å². The minimum atomic E-state index is -2.21. The smallest absolute Gasteiger partial charge is 0.344 e. The second-order valence-electron chi connectivity index (χ2n) is 9.99. The summed E-state index contributed by atoms with van der Waals surface area (Å²) >= 11 is 0. The van der Waals surface area contributed by atoms with Gasteiger partial charge in [-0.25, -0.2) is 0 Å². The molecule has 2 nitrogen and oxygen atoms in total. The largest absolute Gasteiger partial charge is 0.394 e. The first-order valence-corrected chi connectivity index (χ1v) is 13.1. The maximum Gasteiger partial charge on any atom is 0.344 e. The van der Waals surface area contributed by atoms with E-state index < -0.39 is 8.56 Å². The van der Waals surface area contributed by atoms with Gasteiger partial charge in [-0.15, -0.1) is 0 Å². The first-order chi connectivity index (χ1) is 11.8. The molecule has 2 rings (SSSR count). The van der Waals surface area contributed by atoms with Gasteiger partial charge in [0.1, 0.15) is 0 Å². The van der Waals surface area contributed by atoms with Crippen molar-refractivity contribution >= 4 is 8.56 Å². The second-order valence-corrected chi connectivity index (χ2v) is 13.6. The molecule has 0 saturated heterocycles. The van der Waals surface area contributed by atoms with E-state index in [9.17, 15) is 0 Å². The Morgan fingerprint density at radius 3 is 1.92 bits per heavy atom. The van der Waals surface area contributed by atoms with Crippen LogP contribution >= 0.6 is 0 Å². The van der Waals surface area contributed by atoms with Crippen molar-refractivity contribution in [2.45, 2.75) is 110 Å². The van der Waals surface area contributed by atoms with Gasteiger partial charge in [-0.05, 0) is 68.6 Å². The van der Waals surface area contributed by atoms with E-state index in [0.29, 0.717) is 16.5 Å². The minimum Gasteiger partial charge on any atom is -0.394 e. The average molecular weight is 369 g/mol. The zero-order valence-electron chi connectivity index (χ0n) is 17.9. The Hall–Kier alpha value is 0.137. The summed E-state index contributed by atoms with van der Waals surface area (Å²) in [7, 11) is -2.21. The highest BCUT2D eigenvalue weighted by Crippen LogP contribution is 2.54. The molecule has 0 spiro atoms. The summed E-state index contributed by atoms with van der Waals surface area (Å²) in [5, 5.41) is 0. The van der Waals surface area contributed by atoms with E-state index >= 15 is 0 Å². The fraction of sp³-hybridized carbons (Fsp3) is 1.00. The van der Waals surface area contributed by atoms with Crippen LogP contribution in [0.2, 0.25) is 11.1 Å². The zero-order chi connectivity index (χ0) is 18.5. The molecule has 0 aromatic rings. The van der Waals surface area contributed by atoms with Gasteiger partial charge in [-0.1, -0.05) is 48.0 Å². The van der Waals surface area contributed by atoms with E-state index in [-0.39, 0.29) is 0 Å². The highest BCUT2D eigenvalue weighted by atomic mass is 28.4. The van der Waals surface area contributed by atoms with E-state index in [0.717, 1.165) is 37.9 Å². The van der Waals surface area contributed by atoms with Gasteiger partial charge in [0, 0.05) is 24.3 Å². The molecule has 2 fully saturated rings. The summed E-state index contributed by atoms with van der Waals surface area (Å²) < 4.78 is 13.7. The van der Waals surface area contributed by atoms with Crippen LogP contribution in [0.5, 0.6) is 0 Å². The lowest BCUT2D eigenvalue weighted by atomic mass is 9.77. The van der Waals surface area contributed by atoms with Gasteiger partial charge in [0.05, 0.1) is 0 Å². The predicted octanol–water partition coefficient (Wildman–Crippen LogP) is 7.08. The van der Waals surface area contributed by atoms with Crippen LogP contribution in [-0.2, 0) is 8.85 Å². The Morgan fingerprint density at radius 1 is 0.880 bits per heavy atom. The molecule has 2 saturated carbocycles. The van der Waals surface area contributed by atoms with Crippen molar-refractivity contribution in [3.63, 3.8) is 0 Å². The van der Waals surface area contributed by atoms with E-state index in [1.54, 1.807) is 0 Å². The Labute approximate surface area is 158 Å². The fourth-order valence-corrected chi connectivity index (χ4v) is 11.3. The summed E-state index contributed by atoms with van der Waals surface area (Å²) in [6.07, 6.45) is 11.6. The maximum absolute atomic E-state index is 6.87. The molecule has 0 aliphatic heterocycles. The number of rotatable bonds is 8. The predicted molar refractivity (Wildman–Crippen MR) is 110 cm³/mol. The van der Waals surface area contributed by atoms with Crippen molar-refractivity contribution in [2.75, 3.05) is 13.2 Å². The average Bonchev–Trinajstić information content (AvgIpc) is 2.53. The summed E-state index contributed by atoms with van der Waals surface area (Å²) in [5.41, 5.74) is 1.85. The zero-order valence-corrected chi connectivity index (χ0v) is 18.9. The van der Waals surface area contributed by atoms with Crippen molar-refractivity contribution in [1.82, 2.24) is 0 Å². The summed E-state index contributed by atoms with van der Waals surface area (Å²) in [6, 6.07) is 0. The summed E-state index contributed by atoms with van der Waals surface area (Å²) in [5.74, 6) is 1.65. The molecule has 0 aromatic heterocycles. The van der Waals surface area contributed by atoms with E-state index in [1.165, 1.54) is 44.9 Å². The number of hydrogen-bond donors (Lipinski definition) is 0. The normalized spacial score (nSPS) is 33.4. The van der Waals surface area contributed by atoms with Crippen LogP contribution in [0.4, 0.5) is 0 Å². The van der Waals surface area contributed by atoms with Crippen LogP contribution in [0, 0.1) is 17.3 Å². The van der Waals surface area contributed by atoms with Gasteiger partial charge < -0.3 is 8.85 Å². The van der Waals surface area contributed by atoms with Crippen molar-refractivity contribution in [1.29, 1.82) is 0 Å². The topological polar surface area (TPSA) is 18.5 Å². The van der Waals surface area contributed by atoms with E-state index in [1.807, 2.05) is 0 Å². The minimum absolute atomic E-state index is 0.457. The lowest BCUT2D eigenvalue weighted by molar-refractivity contribution is 0.110. The molecule has 3 heteroatoms. The Balaban J connectivity index is 2.32. The second kappa shape index (κ2) is 9.37. The van der Waals surface area contributed by atoms with Crippen LogP contribution in [-0.4, -0.2) is 21.8 Å². The summed E-state index contributed by atoms with van der Waals surface area (Å²) in [4.78, 5) is 0. The van der Waals surface area contributed by atoms with Crippen LogP contribution < -0.4 is 0 Å². The monoisotopic (exact) mass is 368 g/mol. The van der Waals surface area contributed by atoms with Crippen molar-refractivity contribution in [3.8, 4) is 0 Å². The molecule has 25 heavy (non-hydrogen) atoms. The van der Waals surface area contributed by atoms with Gasteiger partial charge in [0.25, 0.3) is 0 Å². The molecule has 3 atom stereocenters. The molecule has 148 valence electrons. The molecular weight excluding hydrogens is 324 g/mol. The van der Waals surface area contributed by atoms with Crippen molar-refractivity contribution < 1.29 is 8.85 Å². The third kappa shape index (κ3) is 5.56. The molecule has 0 aromatic carbocycles. The molecule has 2 aliphatic carbocycles. The third-order valence-corrected chi connectivity index (χ3v) is 11.1. The quantitative estimate of drug-likeness (QED) is 0.426. The SMILES string of the molecule is CCCO[Si](OCCC)(C1CC(C)CC(C)C1)C1CCCC(C)(C)C1. The van der Waals surface area contributed by atoms with Crippen molar-refractivity contribution in [2.24, 2.45) is 17.3 Å². The van der Waals surface area contributed by atoms with Gasteiger partial charge in [0.15, 0.2) is 0 Å². The highest BCUT2D eigenvalue weighted by Gasteiger charge is 2.55. The highest BCUT2D eigenvalue weighted by molar-refractivity contribution is 6.70. The van der Waals surface area contributed by atoms with Crippen molar-refractivity contribution in [3.05, 3.63) is 0 Å². The Bertz CT molecular complexity index is 373. The molecule has 0 radical (unpaired) electrons. The van der Waals surface area contributed by atoms with E-state index in [2.05, 4.69) is 41.5 Å². The number of hydrogen-bond acceptors (Lipinski definition) is 2. The Morgan fingerprint density at radius 2 is 1.44 bits per heavy atom. The molecular formula is C22H44O2Si. The molecule has 3 unspecified atom stereocenters. The van der Waals surface area contributed by atoms with Crippen LogP contribution in [0.3, 0.4) is 0 Å². The maximum atomic E-state index is 6.87. The lowest BCUT2D eigenvalue weighted by Gasteiger charge is -2.50. The van der Waals surface area contributed by atoms with Crippen LogP contribution in [0.1, 0.15) is 99.3 Å². The van der Waals surface area contributed by atoms with E-state index in [4.69, 9.17) is 8.85 Å². The van der Waals surface area contributed by atoms with Crippen LogP contribution in [0.25, 0.3) is 0 Å². The molecule has 2 aliphatic rings. The molecule has 0 N–H and O–H groups in total. The lowest BCUT2D eigenvalue weighted by Crippen LogP contribution is -2.54. The van der Waals surface area contributed by atoms with Crippen LogP contribution in [0.15, 0.2) is 0 Å². The molecule has 0 bridgehead atoms. The molecule has 0 amide bonds. The fourth-order valence-electron chi connectivity index (χ4n) is 5.69.